The van der Waals surface area contributed by atoms with Crippen LogP contribution in [0.15, 0.2) is 89.6 Å². The van der Waals surface area contributed by atoms with E-state index in [1.165, 1.54) is 16.3 Å². The van der Waals surface area contributed by atoms with Crippen molar-refractivity contribution in [2.24, 2.45) is 0 Å². The molecule has 0 saturated heterocycles. The zero-order chi connectivity index (χ0) is 25.2. The van der Waals surface area contributed by atoms with Gasteiger partial charge in [-0.3, -0.25) is 4.79 Å². The molecule has 0 fully saturated rings. The summed E-state index contributed by atoms with van der Waals surface area (Å²) in [4.78, 5) is 12.7. The predicted octanol–water partition coefficient (Wildman–Crippen LogP) is 7.60. The normalized spacial score (nSPS) is 11.7. The van der Waals surface area contributed by atoms with E-state index in [0.717, 1.165) is 44.4 Å². The first-order valence-electron chi connectivity index (χ1n) is 12.0. The maximum atomic E-state index is 12.7. The quantitative estimate of drug-likeness (QED) is 0.257. The summed E-state index contributed by atoms with van der Waals surface area (Å²) in [5, 5.41) is 6.35. The molecule has 5 rings (SSSR count). The van der Waals surface area contributed by atoms with Gasteiger partial charge in [-0.2, -0.15) is 0 Å². The number of furan rings is 1. The summed E-state index contributed by atoms with van der Waals surface area (Å²) < 4.78 is 11.8. The second kappa shape index (κ2) is 9.74. The van der Waals surface area contributed by atoms with Crippen molar-refractivity contribution in [3.8, 4) is 16.9 Å². The number of hydrogen-bond acceptors (Lipinski definition) is 3. The molecule has 1 N–H and O–H groups in total. The van der Waals surface area contributed by atoms with Crippen molar-refractivity contribution in [1.82, 2.24) is 5.32 Å². The molecule has 180 valence electrons. The number of carbonyl (C=O) groups is 1. The van der Waals surface area contributed by atoms with Crippen LogP contribution in [0.3, 0.4) is 0 Å². The van der Waals surface area contributed by atoms with Crippen molar-refractivity contribution in [3.63, 3.8) is 0 Å². The molecular formula is C32H29NO3. The van der Waals surface area contributed by atoms with Crippen molar-refractivity contribution in [2.45, 2.75) is 27.3 Å². The van der Waals surface area contributed by atoms with Gasteiger partial charge in [0.05, 0.1) is 13.4 Å². The highest BCUT2D eigenvalue weighted by Gasteiger charge is 2.19. The van der Waals surface area contributed by atoms with Gasteiger partial charge < -0.3 is 14.5 Å². The Morgan fingerprint density at radius 1 is 0.972 bits per heavy atom. The van der Waals surface area contributed by atoms with Crippen molar-refractivity contribution in [3.05, 3.63) is 107 Å². The number of allylic oxidation sites excluding steroid dienone is 1. The molecule has 0 aliphatic carbocycles. The van der Waals surface area contributed by atoms with Gasteiger partial charge >= 0.3 is 0 Å². The first-order valence-corrected chi connectivity index (χ1v) is 12.0. The number of rotatable bonds is 6. The summed E-state index contributed by atoms with van der Waals surface area (Å²) in [5.74, 6) is 0.567. The fourth-order valence-electron chi connectivity index (χ4n) is 4.67. The molecule has 1 aromatic heterocycles. The molecule has 0 atom stereocenters. The number of carbonyl (C=O) groups excluding carboxylic acids is 1. The molecule has 4 heteroatoms. The lowest BCUT2D eigenvalue weighted by atomic mass is 9.95. The third-order valence-corrected chi connectivity index (χ3v) is 6.67. The van der Waals surface area contributed by atoms with Crippen molar-refractivity contribution >= 4 is 33.2 Å². The minimum atomic E-state index is -0.144. The smallest absolute Gasteiger partial charge is 0.244 e. The van der Waals surface area contributed by atoms with Crippen molar-refractivity contribution in [1.29, 1.82) is 0 Å². The Bertz CT molecular complexity index is 1610. The predicted molar refractivity (Wildman–Crippen MR) is 147 cm³/mol. The molecule has 0 aliphatic heterocycles. The monoisotopic (exact) mass is 475 g/mol. The number of benzene rings is 4. The number of methoxy groups -OCH3 is 1. The van der Waals surface area contributed by atoms with Gasteiger partial charge in [0.1, 0.15) is 11.3 Å². The molecule has 0 spiro atoms. The molecule has 4 aromatic carbocycles. The number of nitrogens with one attached hydrogen (secondary N) is 1. The van der Waals surface area contributed by atoms with Crippen LogP contribution in [0.4, 0.5) is 0 Å². The average Bonchev–Trinajstić information content (AvgIpc) is 3.32. The van der Waals surface area contributed by atoms with E-state index in [-0.39, 0.29) is 5.91 Å². The summed E-state index contributed by atoms with van der Waals surface area (Å²) in [5.41, 5.74) is 7.75. The summed E-state index contributed by atoms with van der Waals surface area (Å²) >= 11 is 0. The van der Waals surface area contributed by atoms with Crippen LogP contribution < -0.4 is 10.1 Å². The van der Waals surface area contributed by atoms with Gasteiger partial charge in [-0.15, -0.1) is 0 Å². The number of ether oxygens (including phenoxy) is 1. The SMILES string of the molecule is COc1c(/C(C)=C/C(=O)NCc2ccc(C)cc2)cc2c(-c3ccc4ccccc4c3)coc2c1C. The third-order valence-electron chi connectivity index (χ3n) is 6.67. The van der Waals surface area contributed by atoms with Crippen LogP contribution in [0.5, 0.6) is 5.75 Å². The third kappa shape index (κ3) is 4.50. The lowest BCUT2D eigenvalue weighted by Crippen LogP contribution is -2.20. The Morgan fingerprint density at radius 2 is 1.72 bits per heavy atom. The molecule has 0 radical (unpaired) electrons. The molecule has 1 amide bonds. The minimum absolute atomic E-state index is 0.144. The first kappa shape index (κ1) is 23.4. The topological polar surface area (TPSA) is 51.5 Å². The van der Waals surface area contributed by atoms with Crippen LogP contribution in [0.2, 0.25) is 0 Å². The lowest BCUT2D eigenvalue weighted by Gasteiger charge is -2.13. The highest BCUT2D eigenvalue weighted by Crippen LogP contribution is 2.41. The van der Waals surface area contributed by atoms with E-state index in [4.69, 9.17) is 9.15 Å². The lowest BCUT2D eigenvalue weighted by molar-refractivity contribution is -0.116. The Morgan fingerprint density at radius 3 is 2.47 bits per heavy atom. The van der Waals surface area contributed by atoms with E-state index in [0.29, 0.717) is 12.3 Å². The molecule has 4 nitrogen and oxygen atoms in total. The maximum Gasteiger partial charge on any atom is 0.244 e. The Labute approximate surface area is 211 Å². The summed E-state index contributed by atoms with van der Waals surface area (Å²) in [6.45, 7) is 6.45. The van der Waals surface area contributed by atoms with E-state index in [2.05, 4.69) is 41.7 Å². The second-order valence-electron chi connectivity index (χ2n) is 9.20. The van der Waals surface area contributed by atoms with E-state index < -0.39 is 0 Å². The Kier molecular flexibility index (Phi) is 6.34. The van der Waals surface area contributed by atoms with Gasteiger partial charge in [-0.25, -0.2) is 0 Å². The zero-order valence-electron chi connectivity index (χ0n) is 21.0. The van der Waals surface area contributed by atoms with Crippen LogP contribution in [0.1, 0.15) is 29.2 Å². The van der Waals surface area contributed by atoms with Crippen LogP contribution in [0.25, 0.3) is 38.4 Å². The molecule has 0 aliphatic rings. The molecule has 36 heavy (non-hydrogen) atoms. The van der Waals surface area contributed by atoms with Gasteiger partial charge in [0, 0.05) is 34.7 Å². The molecule has 5 aromatic rings. The van der Waals surface area contributed by atoms with Gasteiger partial charge in [-0.05, 0) is 60.4 Å². The van der Waals surface area contributed by atoms with Crippen LogP contribution >= 0.6 is 0 Å². The highest BCUT2D eigenvalue weighted by atomic mass is 16.5. The van der Waals surface area contributed by atoms with Crippen molar-refractivity contribution < 1.29 is 13.9 Å². The molecule has 1 heterocycles. The largest absolute Gasteiger partial charge is 0.496 e. The molecule has 0 saturated carbocycles. The van der Waals surface area contributed by atoms with Gasteiger partial charge in [0.25, 0.3) is 0 Å². The van der Waals surface area contributed by atoms with Gasteiger partial charge in [0.15, 0.2) is 0 Å². The fourth-order valence-corrected chi connectivity index (χ4v) is 4.67. The number of amides is 1. The Balaban J connectivity index is 1.50. The first-order chi connectivity index (χ1) is 17.4. The average molecular weight is 476 g/mol. The van der Waals surface area contributed by atoms with Gasteiger partial charge in [0.2, 0.25) is 5.91 Å². The highest BCUT2D eigenvalue weighted by molar-refractivity contribution is 6.02. The molecular weight excluding hydrogens is 446 g/mol. The fraction of sp³-hybridized carbons (Fsp3) is 0.156. The van der Waals surface area contributed by atoms with Gasteiger partial charge in [-0.1, -0.05) is 66.2 Å². The molecule has 0 bridgehead atoms. The van der Waals surface area contributed by atoms with Crippen LogP contribution in [-0.4, -0.2) is 13.0 Å². The van der Waals surface area contributed by atoms with E-state index in [1.807, 2.05) is 57.2 Å². The van der Waals surface area contributed by atoms with Crippen LogP contribution in [-0.2, 0) is 11.3 Å². The summed E-state index contributed by atoms with van der Waals surface area (Å²) in [7, 11) is 1.65. The standard InChI is InChI=1S/C32H29NO3/c1-20-9-11-23(12-10-20)18-33-30(34)15-21(2)27-17-28-29(19-36-32(28)22(3)31(27)35-4)26-14-13-24-7-5-6-8-25(24)16-26/h5-17,19H,18H2,1-4H3,(H,33,34)/b21-15+. The minimum Gasteiger partial charge on any atom is -0.496 e. The number of aryl methyl sites for hydroxylation is 2. The number of hydrogen-bond donors (Lipinski definition) is 1. The zero-order valence-corrected chi connectivity index (χ0v) is 21.0. The second-order valence-corrected chi connectivity index (χ2v) is 9.20. The summed E-state index contributed by atoms with van der Waals surface area (Å²) in [6.07, 6.45) is 3.44. The Hall–Kier alpha value is -4.31. The molecule has 0 unspecified atom stereocenters. The number of fused-ring (bicyclic) bond motifs is 2. The van der Waals surface area contributed by atoms with Crippen LogP contribution in [0, 0.1) is 13.8 Å². The van der Waals surface area contributed by atoms with Crippen molar-refractivity contribution in [2.75, 3.05) is 7.11 Å². The van der Waals surface area contributed by atoms with E-state index in [1.54, 1.807) is 19.4 Å². The summed E-state index contributed by atoms with van der Waals surface area (Å²) in [6, 6.07) is 25.0. The van der Waals surface area contributed by atoms with E-state index >= 15 is 0 Å². The van der Waals surface area contributed by atoms with E-state index in [9.17, 15) is 4.79 Å². The maximum absolute atomic E-state index is 12.7.